The number of nitrogens with zero attached hydrogens (tertiary/aromatic N) is 1. The second-order valence-electron chi connectivity index (χ2n) is 7.45. The standard InChI is InChI=1S/C20H33N3O2.HI/c1-16-8-6-7-9-17(16)20(10-12-25-13-11-20)15-23-18(21-4)22-14-19(2,3)24-5;/h6-9H,10-15H2,1-5H3,(H2,21,22,23);1H. The molecule has 6 heteroatoms. The molecular formula is C20H34IN3O2. The van der Waals surface area contributed by atoms with E-state index in [1.165, 1.54) is 11.1 Å². The number of rotatable bonds is 6. The minimum Gasteiger partial charge on any atom is -0.381 e. The Morgan fingerprint density at radius 3 is 2.46 bits per heavy atom. The van der Waals surface area contributed by atoms with Crippen molar-refractivity contribution in [2.45, 2.75) is 44.6 Å². The van der Waals surface area contributed by atoms with Gasteiger partial charge in [0.05, 0.1) is 5.60 Å². The lowest BCUT2D eigenvalue weighted by molar-refractivity contribution is 0.0267. The number of hydrogen-bond donors (Lipinski definition) is 2. The van der Waals surface area contributed by atoms with Crippen LogP contribution in [0.15, 0.2) is 29.3 Å². The van der Waals surface area contributed by atoms with Crippen molar-refractivity contribution in [2.75, 3.05) is 40.5 Å². The fraction of sp³-hybridized carbons (Fsp3) is 0.650. The first-order chi connectivity index (χ1) is 11.9. The zero-order chi connectivity index (χ0) is 18.3. The highest BCUT2D eigenvalue weighted by Crippen LogP contribution is 2.36. The van der Waals surface area contributed by atoms with E-state index in [9.17, 15) is 0 Å². The highest BCUT2D eigenvalue weighted by Gasteiger charge is 2.35. The van der Waals surface area contributed by atoms with Gasteiger partial charge < -0.3 is 20.1 Å². The summed E-state index contributed by atoms with van der Waals surface area (Å²) in [6.07, 6.45) is 2.04. The number of nitrogens with one attached hydrogen (secondary N) is 2. The molecule has 0 radical (unpaired) electrons. The molecule has 148 valence electrons. The van der Waals surface area contributed by atoms with Gasteiger partial charge in [-0.1, -0.05) is 24.3 Å². The van der Waals surface area contributed by atoms with E-state index >= 15 is 0 Å². The van der Waals surface area contributed by atoms with Crippen molar-refractivity contribution in [3.05, 3.63) is 35.4 Å². The largest absolute Gasteiger partial charge is 0.381 e. The third-order valence-corrected chi connectivity index (χ3v) is 5.22. The van der Waals surface area contributed by atoms with Crippen molar-refractivity contribution in [3.8, 4) is 0 Å². The third kappa shape index (κ3) is 6.09. The Bertz CT molecular complexity index is 584. The van der Waals surface area contributed by atoms with Gasteiger partial charge in [0.2, 0.25) is 0 Å². The number of methoxy groups -OCH3 is 1. The van der Waals surface area contributed by atoms with E-state index in [0.29, 0.717) is 6.54 Å². The normalized spacial score (nSPS) is 17.3. The lowest BCUT2D eigenvalue weighted by Crippen LogP contribution is -2.50. The predicted octanol–water partition coefficient (Wildman–Crippen LogP) is 3.25. The molecule has 1 aromatic carbocycles. The molecule has 2 rings (SSSR count). The molecule has 0 spiro atoms. The Labute approximate surface area is 175 Å². The molecule has 26 heavy (non-hydrogen) atoms. The first kappa shape index (κ1) is 23.2. The summed E-state index contributed by atoms with van der Waals surface area (Å²) in [5.74, 6) is 0.810. The molecule has 1 aromatic rings. The SMILES string of the molecule is CN=C(NCC(C)(C)OC)NCC1(c2ccccc2C)CCOCC1.I. The Kier molecular flexibility index (Phi) is 9.33. The summed E-state index contributed by atoms with van der Waals surface area (Å²) in [7, 11) is 3.53. The second-order valence-corrected chi connectivity index (χ2v) is 7.45. The topological polar surface area (TPSA) is 54.9 Å². The molecule has 0 amide bonds. The predicted molar refractivity (Wildman–Crippen MR) is 119 cm³/mol. The quantitative estimate of drug-likeness (QED) is 0.377. The zero-order valence-electron chi connectivity index (χ0n) is 16.7. The maximum atomic E-state index is 5.64. The van der Waals surface area contributed by atoms with Crippen LogP contribution in [0.1, 0.15) is 37.8 Å². The molecule has 1 aliphatic rings. The van der Waals surface area contributed by atoms with Gasteiger partial charge in [-0.25, -0.2) is 0 Å². The lowest BCUT2D eigenvalue weighted by Gasteiger charge is -2.39. The first-order valence-corrected chi connectivity index (χ1v) is 9.06. The van der Waals surface area contributed by atoms with Gasteiger partial charge in [-0.3, -0.25) is 4.99 Å². The summed E-state index contributed by atoms with van der Waals surface area (Å²) in [6, 6.07) is 8.69. The minimum absolute atomic E-state index is 0. The van der Waals surface area contributed by atoms with Gasteiger partial charge in [0, 0.05) is 45.9 Å². The van der Waals surface area contributed by atoms with E-state index in [0.717, 1.165) is 38.6 Å². The number of benzene rings is 1. The van der Waals surface area contributed by atoms with Crippen LogP contribution < -0.4 is 10.6 Å². The number of aryl methyl sites for hydroxylation is 1. The summed E-state index contributed by atoms with van der Waals surface area (Å²) in [4.78, 5) is 4.36. The number of aliphatic imine (C=N–C) groups is 1. The van der Waals surface area contributed by atoms with Crippen LogP contribution in [0.2, 0.25) is 0 Å². The summed E-state index contributed by atoms with van der Waals surface area (Å²) in [6.45, 7) is 9.46. The van der Waals surface area contributed by atoms with E-state index in [1.54, 1.807) is 14.2 Å². The van der Waals surface area contributed by atoms with E-state index in [2.05, 4.69) is 60.7 Å². The van der Waals surface area contributed by atoms with Gasteiger partial charge in [-0.15, -0.1) is 24.0 Å². The van der Waals surface area contributed by atoms with Gasteiger partial charge in [0.1, 0.15) is 0 Å². The minimum atomic E-state index is -0.232. The van der Waals surface area contributed by atoms with Crippen LogP contribution in [0.4, 0.5) is 0 Å². The summed E-state index contributed by atoms with van der Waals surface area (Å²) >= 11 is 0. The van der Waals surface area contributed by atoms with Crippen molar-refractivity contribution in [1.29, 1.82) is 0 Å². The van der Waals surface area contributed by atoms with Crippen LogP contribution in [0.25, 0.3) is 0 Å². The highest BCUT2D eigenvalue weighted by atomic mass is 127. The van der Waals surface area contributed by atoms with Crippen LogP contribution in [-0.4, -0.2) is 52.0 Å². The number of guanidine groups is 1. The van der Waals surface area contributed by atoms with Gasteiger partial charge in [0.15, 0.2) is 5.96 Å². The smallest absolute Gasteiger partial charge is 0.191 e. The molecule has 0 saturated carbocycles. The number of hydrogen-bond acceptors (Lipinski definition) is 3. The van der Waals surface area contributed by atoms with E-state index in [1.807, 2.05) is 0 Å². The average molecular weight is 475 g/mol. The molecule has 0 atom stereocenters. The third-order valence-electron chi connectivity index (χ3n) is 5.22. The highest BCUT2D eigenvalue weighted by molar-refractivity contribution is 14.0. The molecule has 5 nitrogen and oxygen atoms in total. The van der Waals surface area contributed by atoms with Crippen LogP contribution >= 0.6 is 24.0 Å². The molecule has 1 fully saturated rings. The van der Waals surface area contributed by atoms with Crippen molar-refractivity contribution in [2.24, 2.45) is 4.99 Å². The first-order valence-electron chi connectivity index (χ1n) is 9.06. The van der Waals surface area contributed by atoms with Crippen LogP contribution in [0.5, 0.6) is 0 Å². The zero-order valence-corrected chi connectivity index (χ0v) is 19.1. The molecule has 1 saturated heterocycles. The van der Waals surface area contributed by atoms with Crippen molar-refractivity contribution in [3.63, 3.8) is 0 Å². The molecule has 0 unspecified atom stereocenters. The fourth-order valence-electron chi connectivity index (χ4n) is 3.31. The molecule has 1 heterocycles. The lowest BCUT2D eigenvalue weighted by atomic mass is 9.72. The van der Waals surface area contributed by atoms with Crippen molar-refractivity contribution >= 4 is 29.9 Å². The average Bonchev–Trinajstić information content (AvgIpc) is 2.63. The Morgan fingerprint density at radius 1 is 1.23 bits per heavy atom. The molecule has 0 bridgehead atoms. The number of halogens is 1. The van der Waals surface area contributed by atoms with Crippen molar-refractivity contribution < 1.29 is 9.47 Å². The summed E-state index contributed by atoms with van der Waals surface area (Å²) in [5, 5.41) is 6.90. The second kappa shape index (κ2) is 10.5. The maximum Gasteiger partial charge on any atom is 0.191 e. The molecule has 0 aromatic heterocycles. The van der Waals surface area contributed by atoms with E-state index < -0.39 is 0 Å². The maximum absolute atomic E-state index is 5.64. The molecule has 1 aliphatic heterocycles. The van der Waals surface area contributed by atoms with Gasteiger partial charge in [-0.2, -0.15) is 0 Å². The monoisotopic (exact) mass is 475 g/mol. The van der Waals surface area contributed by atoms with Crippen LogP contribution in [-0.2, 0) is 14.9 Å². The van der Waals surface area contributed by atoms with Crippen molar-refractivity contribution in [1.82, 2.24) is 10.6 Å². The molecular weight excluding hydrogens is 441 g/mol. The number of ether oxygens (including phenoxy) is 2. The van der Waals surface area contributed by atoms with E-state index in [-0.39, 0.29) is 35.0 Å². The molecule has 0 aliphatic carbocycles. The molecule has 2 N–H and O–H groups in total. The Hall–Kier alpha value is -0.860. The summed E-state index contributed by atoms with van der Waals surface area (Å²) < 4.78 is 11.1. The fourth-order valence-corrected chi connectivity index (χ4v) is 3.31. The summed E-state index contributed by atoms with van der Waals surface area (Å²) in [5.41, 5.74) is 2.61. The van der Waals surface area contributed by atoms with Crippen LogP contribution in [0, 0.1) is 6.92 Å². The van der Waals surface area contributed by atoms with Gasteiger partial charge in [0.25, 0.3) is 0 Å². The van der Waals surface area contributed by atoms with Crippen LogP contribution in [0.3, 0.4) is 0 Å². The Morgan fingerprint density at radius 2 is 1.88 bits per heavy atom. The van der Waals surface area contributed by atoms with Gasteiger partial charge in [-0.05, 0) is 44.7 Å². The van der Waals surface area contributed by atoms with E-state index in [4.69, 9.17) is 9.47 Å². The van der Waals surface area contributed by atoms with Gasteiger partial charge >= 0.3 is 0 Å². The Balaban J connectivity index is 0.00000338.